The highest BCUT2D eigenvalue weighted by molar-refractivity contribution is 7.17. The lowest BCUT2D eigenvalue weighted by Gasteiger charge is -2.31. The molecule has 0 saturated heterocycles. The van der Waals surface area contributed by atoms with Gasteiger partial charge in [0.05, 0.1) is 12.3 Å². The minimum atomic E-state index is -0.466. The Morgan fingerprint density at radius 3 is 2.59 bits per heavy atom. The molecular weight excluding hydrogens is 520 g/mol. The number of benzene rings is 1. The largest absolute Gasteiger partial charge is 0.462 e. The van der Waals surface area contributed by atoms with Gasteiger partial charge in [-0.2, -0.15) is 9.97 Å². The van der Waals surface area contributed by atoms with Gasteiger partial charge >= 0.3 is 5.97 Å². The number of anilines is 4. The number of aryl methyl sites for hydroxylation is 1. The molecule has 0 radical (unpaired) electrons. The van der Waals surface area contributed by atoms with Crippen molar-refractivity contribution >= 4 is 51.8 Å². The summed E-state index contributed by atoms with van der Waals surface area (Å²) < 4.78 is 5.13. The van der Waals surface area contributed by atoms with Gasteiger partial charge < -0.3 is 26.0 Å². The first-order valence-electron chi connectivity index (χ1n) is 12.7. The summed E-state index contributed by atoms with van der Waals surface area (Å²) in [6, 6.07) is 7.21. The van der Waals surface area contributed by atoms with Gasteiger partial charge in [0, 0.05) is 44.2 Å². The van der Waals surface area contributed by atoms with Crippen molar-refractivity contribution in [3.63, 3.8) is 0 Å². The molecule has 39 heavy (non-hydrogen) atoms. The summed E-state index contributed by atoms with van der Waals surface area (Å²) in [5.41, 5.74) is 8.39. The number of ether oxygens (including phenoxy) is 1. The van der Waals surface area contributed by atoms with Crippen molar-refractivity contribution in [2.45, 2.75) is 40.2 Å². The standard InChI is InChI=1S/C26H32N8O4S/c1-4-38-24(37)20-15(2)30-26(39-20)33-25-31-22(29-12-11-28-16(3)35)19-6-5-13-34(23(19)32-25)14-17-7-9-18(10-8-17)21(27)36/h7-10H,4-6,11-14H2,1-3H3,(H2,27,36)(H,28,35)(H2,29,30,31,32,33). The van der Waals surface area contributed by atoms with Gasteiger partial charge in [0.2, 0.25) is 17.8 Å². The lowest BCUT2D eigenvalue weighted by atomic mass is 10.0. The molecule has 0 spiro atoms. The third kappa shape index (κ3) is 6.99. The second-order valence-corrected chi connectivity index (χ2v) is 9.97. The number of fused-ring (bicyclic) bond motifs is 1. The van der Waals surface area contributed by atoms with E-state index in [0.29, 0.717) is 52.7 Å². The normalized spacial score (nSPS) is 12.4. The second kappa shape index (κ2) is 12.5. The number of aromatic nitrogens is 3. The summed E-state index contributed by atoms with van der Waals surface area (Å²) in [6.45, 7) is 7.56. The zero-order valence-corrected chi connectivity index (χ0v) is 23.0. The number of primary amides is 1. The molecule has 0 fully saturated rings. The maximum atomic E-state index is 12.3. The van der Waals surface area contributed by atoms with Crippen LogP contribution in [0.3, 0.4) is 0 Å². The molecular formula is C26H32N8O4S. The van der Waals surface area contributed by atoms with E-state index in [9.17, 15) is 14.4 Å². The number of carbonyl (C=O) groups is 3. The zero-order chi connectivity index (χ0) is 27.9. The van der Waals surface area contributed by atoms with E-state index < -0.39 is 11.9 Å². The first-order chi connectivity index (χ1) is 18.7. The second-order valence-electron chi connectivity index (χ2n) is 8.97. The smallest absolute Gasteiger partial charge is 0.350 e. The number of carbonyl (C=O) groups excluding carboxylic acids is 3. The Hall–Kier alpha value is -4.26. The van der Waals surface area contributed by atoms with Crippen LogP contribution in [0.5, 0.6) is 0 Å². The minimum absolute atomic E-state index is 0.103. The van der Waals surface area contributed by atoms with Crippen LogP contribution >= 0.6 is 11.3 Å². The molecule has 5 N–H and O–H groups in total. The van der Waals surface area contributed by atoms with Crippen molar-refractivity contribution < 1.29 is 19.1 Å². The first-order valence-corrected chi connectivity index (χ1v) is 13.5. The fourth-order valence-corrected chi connectivity index (χ4v) is 5.07. The van der Waals surface area contributed by atoms with Crippen molar-refractivity contribution in [3.8, 4) is 0 Å². The van der Waals surface area contributed by atoms with E-state index in [2.05, 4.69) is 25.8 Å². The van der Waals surface area contributed by atoms with Gasteiger partial charge in [-0.3, -0.25) is 14.9 Å². The molecule has 1 aliphatic heterocycles. The molecule has 2 aromatic heterocycles. The number of nitrogens with two attached hydrogens (primary N) is 1. The summed E-state index contributed by atoms with van der Waals surface area (Å²) in [5, 5.41) is 9.74. The van der Waals surface area contributed by atoms with Crippen LogP contribution in [-0.4, -0.2) is 59.0 Å². The molecule has 0 bridgehead atoms. The molecule has 206 valence electrons. The van der Waals surface area contributed by atoms with Crippen LogP contribution in [0.4, 0.5) is 22.7 Å². The number of rotatable bonds is 11. The van der Waals surface area contributed by atoms with Crippen LogP contribution in [0, 0.1) is 6.92 Å². The molecule has 12 nitrogen and oxygen atoms in total. The molecule has 2 amide bonds. The Kier molecular flexibility index (Phi) is 8.92. The van der Waals surface area contributed by atoms with Gasteiger partial charge in [-0.25, -0.2) is 9.78 Å². The number of nitrogens with one attached hydrogen (secondary N) is 3. The summed E-state index contributed by atoms with van der Waals surface area (Å²) in [6.07, 6.45) is 1.70. The summed E-state index contributed by atoms with van der Waals surface area (Å²) in [7, 11) is 0. The maximum absolute atomic E-state index is 12.3. The van der Waals surface area contributed by atoms with Gasteiger partial charge in [0.1, 0.15) is 16.5 Å². The lowest BCUT2D eigenvalue weighted by Crippen LogP contribution is -2.32. The minimum Gasteiger partial charge on any atom is -0.462 e. The average Bonchev–Trinajstić information content (AvgIpc) is 3.27. The Morgan fingerprint density at radius 2 is 1.90 bits per heavy atom. The number of thiazole rings is 1. The van der Waals surface area contributed by atoms with E-state index >= 15 is 0 Å². The fraction of sp³-hybridized carbons (Fsp3) is 0.385. The highest BCUT2D eigenvalue weighted by Gasteiger charge is 2.25. The Labute approximate surface area is 230 Å². The number of hydrogen-bond acceptors (Lipinski definition) is 11. The third-order valence-corrected chi connectivity index (χ3v) is 7.07. The number of nitrogens with zero attached hydrogens (tertiary/aromatic N) is 4. The SMILES string of the molecule is CCOC(=O)c1sc(Nc2nc(NCCNC(C)=O)c3c(n2)N(Cc2ccc(C(N)=O)cc2)CCC3)nc1C. The first kappa shape index (κ1) is 27.8. The van der Waals surface area contributed by atoms with Crippen LogP contribution in [0.15, 0.2) is 24.3 Å². The highest BCUT2D eigenvalue weighted by Crippen LogP contribution is 2.34. The topological polar surface area (TPSA) is 164 Å². The van der Waals surface area contributed by atoms with Gasteiger partial charge in [-0.1, -0.05) is 23.5 Å². The Balaban J connectivity index is 1.63. The van der Waals surface area contributed by atoms with E-state index in [1.165, 1.54) is 18.3 Å². The van der Waals surface area contributed by atoms with Crippen LogP contribution in [0.25, 0.3) is 0 Å². The summed E-state index contributed by atoms with van der Waals surface area (Å²) in [4.78, 5) is 51.6. The molecule has 3 heterocycles. The van der Waals surface area contributed by atoms with Gasteiger partial charge in [0.25, 0.3) is 0 Å². The number of hydrogen-bond donors (Lipinski definition) is 4. The van der Waals surface area contributed by atoms with E-state index in [4.69, 9.17) is 20.4 Å². The van der Waals surface area contributed by atoms with Gasteiger partial charge in [0.15, 0.2) is 5.13 Å². The highest BCUT2D eigenvalue weighted by atomic mass is 32.1. The monoisotopic (exact) mass is 552 g/mol. The van der Waals surface area contributed by atoms with E-state index in [0.717, 1.165) is 36.3 Å². The van der Waals surface area contributed by atoms with Crippen LogP contribution < -0.4 is 26.6 Å². The fourth-order valence-electron chi connectivity index (χ4n) is 4.22. The molecule has 0 saturated carbocycles. The van der Waals surface area contributed by atoms with Crippen molar-refractivity contribution in [2.75, 3.05) is 41.8 Å². The summed E-state index contributed by atoms with van der Waals surface area (Å²) >= 11 is 1.18. The Bertz CT molecular complexity index is 1360. The molecule has 4 rings (SSSR count). The Morgan fingerprint density at radius 1 is 1.13 bits per heavy atom. The van der Waals surface area contributed by atoms with E-state index in [-0.39, 0.29) is 12.5 Å². The van der Waals surface area contributed by atoms with Crippen molar-refractivity contribution in [1.29, 1.82) is 0 Å². The molecule has 13 heteroatoms. The summed E-state index contributed by atoms with van der Waals surface area (Å²) in [5.74, 6) is 0.789. The molecule has 3 aromatic rings. The van der Waals surface area contributed by atoms with Crippen LogP contribution in [0.2, 0.25) is 0 Å². The number of amides is 2. The van der Waals surface area contributed by atoms with Crippen molar-refractivity contribution in [1.82, 2.24) is 20.3 Å². The van der Waals surface area contributed by atoms with Crippen molar-refractivity contribution in [2.24, 2.45) is 5.73 Å². The molecule has 0 aliphatic carbocycles. The number of esters is 1. The third-order valence-electron chi connectivity index (χ3n) is 6.02. The molecule has 0 unspecified atom stereocenters. The molecule has 1 aromatic carbocycles. The van der Waals surface area contributed by atoms with Crippen LogP contribution in [0.1, 0.15) is 57.1 Å². The zero-order valence-electron chi connectivity index (χ0n) is 22.2. The van der Waals surface area contributed by atoms with E-state index in [1.807, 2.05) is 12.1 Å². The van der Waals surface area contributed by atoms with Gasteiger partial charge in [-0.05, 0) is 44.4 Å². The van der Waals surface area contributed by atoms with Crippen molar-refractivity contribution in [3.05, 3.63) is 51.5 Å². The average molecular weight is 553 g/mol. The quantitative estimate of drug-likeness (QED) is 0.205. The predicted octanol–water partition coefficient (Wildman–Crippen LogP) is 2.76. The van der Waals surface area contributed by atoms with E-state index in [1.54, 1.807) is 26.0 Å². The van der Waals surface area contributed by atoms with Gasteiger partial charge in [-0.15, -0.1) is 0 Å². The maximum Gasteiger partial charge on any atom is 0.350 e. The predicted molar refractivity (Wildman–Crippen MR) is 150 cm³/mol. The lowest BCUT2D eigenvalue weighted by molar-refractivity contribution is -0.118. The van der Waals surface area contributed by atoms with Crippen LogP contribution in [-0.2, 0) is 22.5 Å². The molecule has 0 atom stereocenters. The molecule has 1 aliphatic rings.